The third-order valence-corrected chi connectivity index (χ3v) is 5.93. The van der Waals surface area contributed by atoms with Crippen LogP contribution in [-0.2, 0) is 23.1 Å². The topological polar surface area (TPSA) is 58.6 Å². The zero-order valence-electron chi connectivity index (χ0n) is 14.7. The number of hydrogen-bond donors (Lipinski definition) is 1. The van der Waals surface area contributed by atoms with Crippen molar-refractivity contribution in [3.63, 3.8) is 0 Å². The van der Waals surface area contributed by atoms with Crippen molar-refractivity contribution in [1.82, 2.24) is 9.62 Å². The summed E-state index contributed by atoms with van der Waals surface area (Å²) in [6.45, 7) is 3.36. The van der Waals surface area contributed by atoms with Gasteiger partial charge in [-0.15, -0.1) is 0 Å². The Morgan fingerprint density at radius 1 is 1.08 bits per heavy atom. The second-order valence-electron chi connectivity index (χ2n) is 6.42. The molecule has 0 unspecified atom stereocenters. The Morgan fingerprint density at radius 2 is 1.73 bits per heavy atom. The van der Waals surface area contributed by atoms with E-state index in [4.69, 9.17) is 4.74 Å². The van der Waals surface area contributed by atoms with Crippen molar-refractivity contribution in [3.8, 4) is 5.75 Å². The molecule has 1 saturated heterocycles. The Bertz CT molecular complexity index is 848. The van der Waals surface area contributed by atoms with Gasteiger partial charge in [-0.05, 0) is 55.3 Å². The number of benzene rings is 2. The molecule has 5 nitrogen and oxygen atoms in total. The summed E-state index contributed by atoms with van der Waals surface area (Å²) in [7, 11) is -2.46. The van der Waals surface area contributed by atoms with E-state index in [1.165, 1.54) is 37.6 Å². The summed E-state index contributed by atoms with van der Waals surface area (Å²) in [5, 5.41) is 0. The summed E-state index contributed by atoms with van der Waals surface area (Å²) in [5.74, 6) is -0.695. The van der Waals surface area contributed by atoms with Gasteiger partial charge >= 0.3 is 0 Å². The first-order valence-electron chi connectivity index (χ1n) is 8.61. The van der Waals surface area contributed by atoms with Crippen molar-refractivity contribution >= 4 is 10.0 Å². The lowest BCUT2D eigenvalue weighted by atomic mass is 10.1. The number of halogens is 1. The van der Waals surface area contributed by atoms with Gasteiger partial charge in [-0.25, -0.2) is 17.5 Å². The maximum atomic E-state index is 13.7. The standard InChI is InChI=1S/C19H23FN2O3S/c1-25-19-9-8-17(12-18(19)20)26(23,24)21-13-15-4-6-16(7-5-15)14-22-10-2-3-11-22/h4-9,12,21H,2-3,10-11,13-14H2,1H3. The highest BCUT2D eigenvalue weighted by atomic mass is 32.2. The summed E-state index contributed by atoms with van der Waals surface area (Å²) < 4.78 is 45.7. The summed E-state index contributed by atoms with van der Waals surface area (Å²) in [5.41, 5.74) is 2.07. The van der Waals surface area contributed by atoms with E-state index >= 15 is 0 Å². The zero-order valence-corrected chi connectivity index (χ0v) is 15.6. The molecule has 0 spiro atoms. The Balaban J connectivity index is 1.61. The fourth-order valence-corrected chi connectivity index (χ4v) is 4.07. The van der Waals surface area contributed by atoms with Crippen LogP contribution in [0, 0.1) is 5.82 Å². The molecule has 1 N–H and O–H groups in total. The van der Waals surface area contributed by atoms with Crippen LogP contribution < -0.4 is 9.46 Å². The third kappa shape index (κ3) is 4.60. The number of sulfonamides is 1. The summed E-state index contributed by atoms with van der Waals surface area (Å²) in [6, 6.07) is 11.5. The predicted molar refractivity (Wildman–Crippen MR) is 97.9 cm³/mol. The molecule has 1 aliphatic rings. The van der Waals surface area contributed by atoms with Gasteiger partial charge in [-0.3, -0.25) is 4.90 Å². The molecule has 0 radical (unpaired) electrons. The summed E-state index contributed by atoms with van der Waals surface area (Å²) in [4.78, 5) is 2.29. The normalized spacial score (nSPS) is 15.3. The molecular formula is C19H23FN2O3S. The molecule has 2 aromatic carbocycles. The number of nitrogens with zero attached hydrogens (tertiary/aromatic N) is 1. The van der Waals surface area contributed by atoms with Crippen LogP contribution in [0.4, 0.5) is 4.39 Å². The maximum absolute atomic E-state index is 13.7. The van der Waals surface area contributed by atoms with Crippen molar-refractivity contribution in [2.24, 2.45) is 0 Å². The quantitative estimate of drug-likeness (QED) is 0.805. The van der Waals surface area contributed by atoms with E-state index in [2.05, 4.69) is 9.62 Å². The van der Waals surface area contributed by atoms with E-state index in [1.807, 2.05) is 24.3 Å². The second-order valence-corrected chi connectivity index (χ2v) is 8.19. The Morgan fingerprint density at radius 3 is 2.35 bits per heavy atom. The number of hydrogen-bond acceptors (Lipinski definition) is 4. The Labute approximate surface area is 153 Å². The monoisotopic (exact) mass is 378 g/mol. The lowest BCUT2D eigenvalue weighted by Gasteiger charge is -2.14. The molecule has 0 amide bonds. The largest absolute Gasteiger partial charge is 0.494 e. The lowest BCUT2D eigenvalue weighted by Crippen LogP contribution is -2.23. The van der Waals surface area contributed by atoms with Crippen molar-refractivity contribution < 1.29 is 17.5 Å². The van der Waals surface area contributed by atoms with Crippen molar-refractivity contribution in [3.05, 3.63) is 59.4 Å². The van der Waals surface area contributed by atoms with Crippen LogP contribution in [-0.4, -0.2) is 33.5 Å². The van der Waals surface area contributed by atoms with Crippen LogP contribution in [0.2, 0.25) is 0 Å². The second kappa shape index (κ2) is 8.16. The van der Waals surface area contributed by atoms with Crippen LogP contribution in [0.25, 0.3) is 0 Å². The fraction of sp³-hybridized carbons (Fsp3) is 0.368. The van der Waals surface area contributed by atoms with Gasteiger partial charge in [0.05, 0.1) is 12.0 Å². The molecule has 0 aliphatic carbocycles. The number of ether oxygens (including phenoxy) is 1. The molecule has 0 aromatic heterocycles. The van der Waals surface area contributed by atoms with Gasteiger partial charge in [0.15, 0.2) is 11.6 Å². The molecule has 1 aliphatic heterocycles. The highest BCUT2D eigenvalue weighted by Crippen LogP contribution is 2.21. The SMILES string of the molecule is COc1ccc(S(=O)(=O)NCc2ccc(CN3CCCC3)cc2)cc1F. The van der Waals surface area contributed by atoms with Crippen LogP contribution in [0.5, 0.6) is 5.75 Å². The van der Waals surface area contributed by atoms with Crippen LogP contribution in [0.15, 0.2) is 47.4 Å². The first kappa shape index (κ1) is 18.8. The van der Waals surface area contributed by atoms with E-state index in [1.54, 1.807) is 0 Å². The predicted octanol–water partition coefficient (Wildman–Crippen LogP) is 2.91. The lowest BCUT2D eigenvalue weighted by molar-refractivity contribution is 0.331. The van der Waals surface area contributed by atoms with Gasteiger partial charge in [0.1, 0.15) is 0 Å². The molecule has 1 heterocycles. The molecular weight excluding hydrogens is 355 g/mol. The van der Waals surface area contributed by atoms with Crippen molar-refractivity contribution in [1.29, 1.82) is 0 Å². The highest BCUT2D eigenvalue weighted by molar-refractivity contribution is 7.89. The first-order valence-corrected chi connectivity index (χ1v) is 10.1. The van der Waals surface area contributed by atoms with Crippen LogP contribution >= 0.6 is 0 Å². The number of methoxy groups -OCH3 is 1. The average Bonchev–Trinajstić information content (AvgIpc) is 3.14. The van der Waals surface area contributed by atoms with E-state index < -0.39 is 15.8 Å². The van der Waals surface area contributed by atoms with Crippen molar-refractivity contribution in [2.75, 3.05) is 20.2 Å². The minimum atomic E-state index is -3.79. The minimum Gasteiger partial charge on any atom is -0.494 e. The molecule has 3 rings (SSSR count). The number of nitrogens with one attached hydrogen (secondary N) is 1. The fourth-order valence-electron chi connectivity index (χ4n) is 3.04. The number of rotatable bonds is 7. The van der Waals surface area contributed by atoms with Crippen LogP contribution in [0.3, 0.4) is 0 Å². The highest BCUT2D eigenvalue weighted by Gasteiger charge is 2.16. The molecule has 0 bridgehead atoms. The van der Waals surface area contributed by atoms with E-state index in [9.17, 15) is 12.8 Å². The van der Waals surface area contributed by atoms with Gasteiger partial charge in [0, 0.05) is 13.1 Å². The third-order valence-electron chi connectivity index (χ3n) is 4.53. The van der Waals surface area contributed by atoms with Gasteiger partial charge in [-0.2, -0.15) is 0 Å². The van der Waals surface area contributed by atoms with Crippen LogP contribution in [0.1, 0.15) is 24.0 Å². The molecule has 0 atom stereocenters. The first-order chi connectivity index (χ1) is 12.5. The van der Waals surface area contributed by atoms with E-state index in [0.29, 0.717) is 0 Å². The van der Waals surface area contributed by atoms with Gasteiger partial charge in [0.2, 0.25) is 10.0 Å². The van der Waals surface area contributed by atoms with E-state index in [-0.39, 0.29) is 17.2 Å². The summed E-state index contributed by atoms with van der Waals surface area (Å²) >= 11 is 0. The van der Waals surface area contributed by atoms with Gasteiger partial charge in [-0.1, -0.05) is 24.3 Å². The van der Waals surface area contributed by atoms with Gasteiger partial charge in [0.25, 0.3) is 0 Å². The molecule has 1 fully saturated rings. The van der Waals surface area contributed by atoms with Gasteiger partial charge < -0.3 is 4.74 Å². The molecule has 140 valence electrons. The molecule has 2 aromatic rings. The molecule has 26 heavy (non-hydrogen) atoms. The summed E-state index contributed by atoms with van der Waals surface area (Å²) in [6.07, 6.45) is 2.51. The maximum Gasteiger partial charge on any atom is 0.240 e. The smallest absolute Gasteiger partial charge is 0.240 e. The Hall–Kier alpha value is -1.96. The van der Waals surface area contributed by atoms with E-state index in [0.717, 1.165) is 31.3 Å². The number of likely N-dealkylation sites (tertiary alicyclic amines) is 1. The zero-order chi connectivity index (χ0) is 18.6. The Kier molecular flexibility index (Phi) is 5.90. The molecule has 0 saturated carbocycles. The minimum absolute atomic E-state index is 0.0116. The molecule has 7 heteroatoms. The van der Waals surface area contributed by atoms with Crippen molar-refractivity contribution in [2.45, 2.75) is 30.8 Å². The average molecular weight is 378 g/mol.